The summed E-state index contributed by atoms with van der Waals surface area (Å²) in [5, 5.41) is 8.62. The Labute approximate surface area is 126 Å². The average Bonchev–Trinajstić information content (AvgIpc) is 2.38. The average molecular weight is 345 g/mol. The fraction of sp³-hybridized carbons (Fsp3) is 0.357. The van der Waals surface area contributed by atoms with Crippen LogP contribution in [-0.2, 0) is 4.79 Å². The molecular formula is C14H17BrO3S. The van der Waals surface area contributed by atoms with Gasteiger partial charge in [0.25, 0.3) is 0 Å². The number of benzene rings is 1. The Kier molecular flexibility index (Phi) is 7.67. The number of hydrogen-bond donors (Lipinski definition) is 1. The zero-order valence-corrected chi connectivity index (χ0v) is 13.2. The molecule has 0 bridgehead atoms. The van der Waals surface area contributed by atoms with Crippen LogP contribution in [0.2, 0.25) is 0 Å². The molecule has 0 aromatic heterocycles. The molecule has 19 heavy (non-hydrogen) atoms. The van der Waals surface area contributed by atoms with Gasteiger partial charge in [-0.15, -0.1) is 0 Å². The molecule has 0 atom stereocenters. The molecule has 0 aliphatic rings. The van der Waals surface area contributed by atoms with Gasteiger partial charge >= 0.3 is 5.97 Å². The van der Waals surface area contributed by atoms with Gasteiger partial charge in [0.1, 0.15) is 5.75 Å². The fourth-order valence-corrected chi connectivity index (χ4v) is 2.39. The topological polar surface area (TPSA) is 46.5 Å². The zero-order chi connectivity index (χ0) is 14.1. The van der Waals surface area contributed by atoms with Crippen LogP contribution in [0.15, 0.2) is 28.7 Å². The van der Waals surface area contributed by atoms with Crippen LogP contribution >= 0.6 is 27.7 Å². The normalized spacial score (nSPS) is 10.8. The molecule has 1 N–H and O–H groups in total. The van der Waals surface area contributed by atoms with Crippen molar-refractivity contribution in [3.05, 3.63) is 34.3 Å². The van der Waals surface area contributed by atoms with Crippen LogP contribution in [-0.4, -0.2) is 29.2 Å². The summed E-state index contributed by atoms with van der Waals surface area (Å²) in [6.07, 6.45) is 3.67. The standard InChI is InChI=1S/C14H17BrO3S/c1-2-19-9-3-8-18-12-5-6-13(15)11(10-12)4-7-14(16)17/h4-7,10H,2-3,8-9H2,1H3,(H,16,17)/b7-4+. The van der Waals surface area contributed by atoms with Crippen molar-refractivity contribution in [2.24, 2.45) is 0 Å². The number of carbonyl (C=O) groups is 1. The van der Waals surface area contributed by atoms with Crippen LogP contribution in [0, 0.1) is 0 Å². The van der Waals surface area contributed by atoms with E-state index in [1.807, 2.05) is 30.0 Å². The molecule has 0 heterocycles. The van der Waals surface area contributed by atoms with E-state index in [1.165, 1.54) is 0 Å². The minimum atomic E-state index is -0.963. The lowest BCUT2D eigenvalue weighted by molar-refractivity contribution is -0.131. The van der Waals surface area contributed by atoms with E-state index in [2.05, 4.69) is 22.9 Å². The van der Waals surface area contributed by atoms with Crippen molar-refractivity contribution in [1.29, 1.82) is 0 Å². The Balaban J connectivity index is 2.55. The maximum Gasteiger partial charge on any atom is 0.328 e. The first-order valence-corrected chi connectivity index (χ1v) is 7.99. The highest BCUT2D eigenvalue weighted by atomic mass is 79.9. The number of carboxylic acid groups (broad SMARTS) is 1. The molecule has 0 radical (unpaired) electrons. The minimum Gasteiger partial charge on any atom is -0.494 e. The monoisotopic (exact) mass is 344 g/mol. The quantitative estimate of drug-likeness (QED) is 0.570. The second kappa shape index (κ2) is 9.04. The van der Waals surface area contributed by atoms with Crippen molar-refractivity contribution < 1.29 is 14.6 Å². The third-order valence-corrected chi connectivity index (χ3v) is 3.99. The second-order valence-corrected chi connectivity index (χ2v) is 6.00. The number of thioether (sulfide) groups is 1. The Bertz CT molecular complexity index is 446. The molecule has 1 rings (SSSR count). The largest absolute Gasteiger partial charge is 0.494 e. The van der Waals surface area contributed by atoms with Crippen LogP contribution in [0.3, 0.4) is 0 Å². The molecule has 0 saturated carbocycles. The third kappa shape index (κ3) is 6.68. The van der Waals surface area contributed by atoms with Crippen LogP contribution < -0.4 is 4.74 Å². The highest BCUT2D eigenvalue weighted by molar-refractivity contribution is 9.10. The molecule has 0 saturated heterocycles. The van der Waals surface area contributed by atoms with Gasteiger partial charge in [-0.2, -0.15) is 11.8 Å². The SMILES string of the molecule is CCSCCCOc1ccc(Br)c(/C=C/C(=O)O)c1. The molecule has 5 heteroatoms. The van der Waals surface area contributed by atoms with Crippen LogP contribution in [0.5, 0.6) is 5.75 Å². The minimum absolute atomic E-state index is 0.677. The maximum atomic E-state index is 10.5. The first-order chi connectivity index (χ1) is 9.13. The lowest BCUT2D eigenvalue weighted by Gasteiger charge is -2.07. The number of rotatable bonds is 8. The molecular weight excluding hydrogens is 328 g/mol. The molecule has 1 aromatic rings. The van der Waals surface area contributed by atoms with E-state index in [9.17, 15) is 4.79 Å². The Morgan fingerprint density at radius 3 is 3.00 bits per heavy atom. The summed E-state index contributed by atoms with van der Waals surface area (Å²) in [5.41, 5.74) is 0.794. The third-order valence-electron chi connectivity index (χ3n) is 2.28. The predicted molar refractivity (Wildman–Crippen MR) is 83.9 cm³/mol. The van der Waals surface area contributed by atoms with Gasteiger partial charge in [-0.25, -0.2) is 4.79 Å². The van der Waals surface area contributed by atoms with Gasteiger partial charge in [0.15, 0.2) is 0 Å². The van der Waals surface area contributed by atoms with E-state index in [1.54, 1.807) is 6.08 Å². The fourth-order valence-electron chi connectivity index (χ4n) is 1.40. The number of ether oxygens (including phenoxy) is 1. The molecule has 0 spiro atoms. The van der Waals surface area contributed by atoms with Gasteiger partial charge in [0.05, 0.1) is 6.61 Å². The summed E-state index contributed by atoms with van der Waals surface area (Å²) in [6.45, 7) is 2.82. The highest BCUT2D eigenvalue weighted by Gasteiger charge is 2.01. The number of halogens is 1. The summed E-state index contributed by atoms with van der Waals surface area (Å²) >= 11 is 5.28. The van der Waals surface area contributed by atoms with Crippen molar-refractivity contribution in [3.8, 4) is 5.75 Å². The van der Waals surface area contributed by atoms with E-state index in [4.69, 9.17) is 9.84 Å². The lowest BCUT2D eigenvalue weighted by Crippen LogP contribution is -1.99. The molecule has 1 aromatic carbocycles. The van der Waals surface area contributed by atoms with Gasteiger partial charge in [-0.3, -0.25) is 0 Å². The van der Waals surface area contributed by atoms with Crippen molar-refractivity contribution >= 4 is 39.7 Å². The Hall–Kier alpha value is -0.940. The van der Waals surface area contributed by atoms with Crippen LogP contribution in [0.25, 0.3) is 6.08 Å². The van der Waals surface area contributed by atoms with Crippen molar-refractivity contribution in [2.75, 3.05) is 18.1 Å². The summed E-state index contributed by atoms with van der Waals surface area (Å²) in [4.78, 5) is 10.5. The predicted octanol–water partition coefficient (Wildman–Crippen LogP) is 4.07. The maximum absolute atomic E-state index is 10.5. The van der Waals surface area contributed by atoms with Gasteiger partial charge < -0.3 is 9.84 Å². The summed E-state index contributed by atoms with van der Waals surface area (Å²) < 4.78 is 6.49. The van der Waals surface area contributed by atoms with Gasteiger partial charge in [0.2, 0.25) is 0 Å². The molecule has 0 fully saturated rings. The number of carboxylic acids is 1. The van der Waals surface area contributed by atoms with E-state index >= 15 is 0 Å². The van der Waals surface area contributed by atoms with Gasteiger partial charge in [-0.05, 0) is 47.8 Å². The van der Waals surface area contributed by atoms with Crippen molar-refractivity contribution in [3.63, 3.8) is 0 Å². The molecule has 0 aliphatic carbocycles. The summed E-state index contributed by atoms with van der Waals surface area (Å²) in [6, 6.07) is 5.56. The Morgan fingerprint density at radius 1 is 1.53 bits per heavy atom. The molecule has 3 nitrogen and oxygen atoms in total. The second-order valence-electron chi connectivity index (χ2n) is 3.75. The van der Waals surface area contributed by atoms with Crippen molar-refractivity contribution in [2.45, 2.75) is 13.3 Å². The first kappa shape index (κ1) is 16.1. The molecule has 0 unspecified atom stereocenters. The van der Waals surface area contributed by atoms with Crippen LogP contribution in [0.4, 0.5) is 0 Å². The first-order valence-electron chi connectivity index (χ1n) is 6.04. The van der Waals surface area contributed by atoms with E-state index in [0.29, 0.717) is 6.61 Å². The lowest BCUT2D eigenvalue weighted by atomic mass is 10.2. The number of hydrogen-bond acceptors (Lipinski definition) is 3. The van der Waals surface area contributed by atoms with E-state index in [-0.39, 0.29) is 0 Å². The molecule has 0 aliphatic heterocycles. The number of aliphatic carboxylic acids is 1. The van der Waals surface area contributed by atoms with Crippen molar-refractivity contribution in [1.82, 2.24) is 0 Å². The summed E-state index contributed by atoms with van der Waals surface area (Å²) in [7, 11) is 0. The molecule has 104 valence electrons. The highest BCUT2D eigenvalue weighted by Crippen LogP contribution is 2.24. The Morgan fingerprint density at radius 2 is 2.32 bits per heavy atom. The zero-order valence-electron chi connectivity index (χ0n) is 10.8. The smallest absolute Gasteiger partial charge is 0.328 e. The van der Waals surface area contributed by atoms with Gasteiger partial charge in [0, 0.05) is 10.5 Å². The van der Waals surface area contributed by atoms with Crippen LogP contribution in [0.1, 0.15) is 18.9 Å². The van der Waals surface area contributed by atoms with E-state index < -0.39 is 5.97 Å². The summed E-state index contributed by atoms with van der Waals surface area (Å²) in [5.74, 6) is 2.02. The van der Waals surface area contributed by atoms with Gasteiger partial charge in [-0.1, -0.05) is 22.9 Å². The molecule has 0 amide bonds. The van der Waals surface area contributed by atoms with E-state index in [0.717, 1.165) is 39.8 Å².